The number of aromatic amines is 1. The number of benzene rings is 1. The van der Waals surface area contributed by atoms with Gasteiger partial charge in [0, 0.05) is 24.2 Å². The van der Waals surface area contributed by atoms with Crippen LogP contribution in [0.4, 0.5) is 4.39 Å². The van der Waals surface area contributed by atoms with Crippen molar-refractivity contribution in [2.75, 3.05) is 0 Å². The van der Waals surface area contributed by atoms with Gasteiger partial charge in [0.25, 0.3) is 0 Å². The molecule has 0 aliphatic heterocycles. The minimum absolute atomic E-state index is 0.316. The van der Waals surface area contributed by atoms with Crippen molar-refractivity contribution in [2.24, 2.45) is 0 Å². The monoisotopic (exact) mass is 240 g/mol. The molecule has 0 amide bonds. The molecule has 0 saturated heterocycles. The van der Waals surface area contributed by atoms with Crippen LogP contribution in [0, 0.1) is 5.82 Å². The van der Waals surface area contributed by atoms with E-state index in [2.05, 4.69) is 19.9 Å². The van der Waals surface area contributed by atoms with E-state index in [1.165, 1.54) is 12.4 Å². The van der Waals surface area contributed by atoms with E-state index in [9.17, 15) is 4.39 Å². The third-order valence-corrected chi connectivity index (χ3v) is 2.59. The predicted molar refractivity (Wildman–Crippen MR) is 65.0 cm³/mol. The van der Waals surface area contributed by atoms with Crippen LogP contribution in [0.15, 0.2) is 49.2 Å². The van der Waals surface area contributed by atoms with Gasteiger partial charge in [0.2, 0.25) is 0 Å². The number of nitrogens with zero attached hydrogens (tertiary/aromatic N) is 3. The van der Waals surface area contributed by atoms with Crippen LogP contribution < -0.4 is 0 Å². The number of rotatable bonds is 2. The number of imidazole rings is 1. The lowest BCUT2D eigenvalue weighted by Gasteiger charge is -2.06. The van der Waals surface area contributed by atoms with Crippen molar-refractivity contribution >= 4 is 0 Å². The molecule has 0 radical (unpaired) electrons. The van der Waals surface area contributed by atoms with Crippen LogP contribution >= 0.6 is 0 Å². The van der Waals surface area contributed by atoms with Gasteiger partial charge in [-0.2, -0.15) is 0 Å². The second kappa shape index (κ2) is 4.37. The molecule has 88 valence electrons. The van der Waals surface area contributed by atoms with E-state index in [1.54, 1.807) is 36.8 Å². The zero-order valence-corrected chi connectivity index (χ0v) is 9.34. The summed E-state index contributed by atoms with van der Waals surface area (Å²) in [5.74, 6) is 0.304. The molecule has 5 heteroatoms. The lowest BCUT2D eigenvalue weighted by atomic mass is 10.1. The van der Waals surface area contributed by atoms with Crippen LogP contribution in [0.3, 0.4) is 0 Å². The molecule has 18 heavy (non-hydrogen) atoms. The summed E-state index contributed by atoms with van der Waals surface area (Å²) in [6.45, 7) is 0. The zero-order chi connectivity index (χ0) is 12.4. The fourth-order valence-corrected chi connectivity index (χ4v) is 1.78. The standard InChI is InChI=1S/C13H9FN4/c14-11-4-2-1-3-9(11)12-10(7-15-8-18-12)13-16-5-6-17-13/h1-8H,(H,16,17). The molecule has 2 aromatic heterocycles. The quantitative estimate of drug-likeness (QED) is 0.749. The van der Waals surface area contributed by atoms with Crippen LogP contribution in [0.25, 0.3) is 22.6 Å². The van der Waals surface area contributed by atoms with Crippen molar-refractivity contribution in [2.45, 2.75) is 0 Å². The molecule has 2 heterocycles. The fourth-order valence-electron chi connectivity index (χ4n) is 1.78. The van der Waals surface area contributed by atoms with E-state index in [-0.39, 0.29) is 5.82 Å². The number of halogens is 1. The van der Waals surface area contributed by atoms with Crippen LogP contribution in [-0.2, 0) is 0 Å². The maximum absolute atomic E-state index is 13.8. The zero-order valence-electron chi connectivity index (χ0n) is 9.34. The molecule has 0 unspecified atom stereocenters. The highest BCUT2D eigenvalue weighted by molar-refractivity contribution is 5.76. The number of hydrogen-bond acceptors (Lipinski definition) is 3. The second-order valence-electron chi connectivity index (χ2n) is 3.70. The van der Waals surface area contributed by atoms with Crippen LogP contribution in [0.1, 0.15) is 0 Å². The summed E-state index contributed by atoms with van der Waals surface area (Å²) in [4.78, 5) is 15.2. The molecule has 1 aromatic carbocycles. The summed E-state index contributed by atoms with van der Waals surface area (Å²) in [7, 11) is 0. The van der Waals surface area contributed by atoms with E-state index in [4.69, 9.17) is 0 Å². The predicted octanol–water partition coefficient (Wildman–Crippen LogP) is 2.67. The van der Waals surface area contributed by atoms with Gasteiger partial charge in [-0.05, 0) is 12.1 Å². The Bertz CT molecular complexity index is 664. The summed E-state index contributed by atoms with van der Waals surface area (Å²) in [5.41, 5.74) is 1.64. The van der Waals surface area contributed by atoms with Gasteiger partial charge in [-0.1, -0.05) is 12.1 Å². The molecule has 0 aliphatic rings. The molecule has 0 atom stereocenters. The van der Waals surface area contributed by atoms with Crippen LogP contribution in [-0.4, -0.2) is 19.9 Å². The summed E-state index contributed by atoms with van der Waals surface area (Å²) in [5, 5.41) is 0. The Kier molecular flexibility index (Phi) is 2.57. The maximum Gasteiger partial charge on any atom is 0.141 e. The molecular formula is C13H9FN4. The lowest BCUT2D eigenvalue weighted by Crippen LogP contribution is -1.94. The molecule has 0 saturated carbocycles. The third-order valence-electron chi connectivity index (χ3n) is 2.59. The van der Waals surface area contributed by atoms with E-state index >= 15 is 0 Å². The molecule has 0 bridgehead atoms. The highest BCUT2D eigenvalue weighted by atomic mass is 19.1. The number of aromatic nitrogens is 4. The Morgan fingerprint density at radius 2 is 1.94 bits per heavy atom. The Morgan fingerprint density at radius 3 is 2.72 bits per heavy atom. The Balaban J connectivity index is 2.22. The molecule has 0 fully saturated rings. The number of nitrogens with one attached hydrogen (secondary N) is 1. The first-order valence-electron chi connectivity index (χ1n) is 5.41. The number of H-pyrrole nitrogens is 1. The largest absolute Gasteiger partial charge is 0.345 e. The Morgan fingerprint density at radius 1 is 1.06 bits per heavy atom. The first kappa shape index (κ1) is 10.6. The Hall–Kier alpha value is -2.56. The normalized spacial score (nSPS) is 10.5. The van der Waals surface area contributed by atoms with Crippen molar-refractivity contribution in [1.29, 1.82) is 0 Å². The minimum atomic E-state index is -0.316. The van der Waals surface area contributed by atoms with E-state index in [0.717, 1.165) is 0 Å². The van der Waals surface area contributed by atoms with Crippen molar-refractivity contribution in [3.8, 4) is 22.6 Å². The van der Waals surface area contributed by atoms with Gasteiger partial charge in [0.05, 0.1) is 11.3 Å². The minimum Gasteiger partial charge on any atom is -0.345 e. The average molecular weight is 240 g/mol. The molecule has 1 N–H and O–H groups in total. The highest BCUT2D eigenvalue weighted by Crippen LogP contribution is 2.28. The fraction of sp³-hybridized carbons (Fsp3) is 0. The molecule has 0 aliphatic carbocycles. The maximum atomic E-state index is 13.8. The first-order valence-corrected chi connectivity index (χ1v) is 5.41. The first-order chi connectivity index (χ1) is 8.86. The van der Waals surface area contributed by atoms with Gasteiger partial charge < -0.3 is 4.98 Å². The third kappa shape index (κ3) is 1.75. The van der Waals surface area contributed by atoms with Gasteiger partial charge in [-0.25, -0.2) is 19.3 Å². The summed E-state index contributed by atoms with van der Waals surface area (Å²) < 4.78 is 13.8. The average Bonchev–Trinajstić information content (AvgIpc) is 2.93. The van der Waals surface area contributed by atoms with Crippen molar-refractivity contribution in [3.63, 3.8) is 0 Å². The van der Waals surface area contributed by atoms with E-state index < -0.39 is 0 Å². The van der Waals surface area contributed by atoms with Gasteiger partial charge in [-0.3, -0.25) is 0 Å². The van der Waals surface area contributed by atoms with Crippen LogP contribution in [0.2, 0.25) is 0 Å². The Labute approximate surface area is 103 Å². The molecular weight excluding hydrogens is 231 g/mol. The van der Waals surface area contributed by atoms with Crippen molar-refractivity contribution in [1.82, 2.24) is 19.9 Å². The molecule has 3 aromatic rings. The lowest BCUT2D eigenvalue weighted by molar-refractivity contribution is 0.630. The summed E-state index contributed by atoms with van der Waals surface area (Å²) in [6.07, 6.45) is 6.35. The van der Waals surface area contributed by atoms with Gasteiger partial charge in [0.15, 0.2) is 0 Å². The topological polar surface area (TPSA) is 54.5 Å². The van der Waals surface area contributed by atoms with Crippen molar-refractivity contribution < 1.29 is 4.39 Å². The van der Waals surface area contributed by atoms with E-state index in [0.29, 0.717) is 22.6 Å². The SMILES string of the molecule is Fc1ccccc1-c1ncncc1-c1ncc[nH]1. The number of hydrogen-bond donors (Lipinski definition) is 1. The highest BCUT2D eigenvalue weighted by Gasteiger charge is 2.13. The van der Waals surface area contributed by atoms with Gasteiger partial charge in [0.1, 0.15) is 18.0 Å². The van der Waals surface area contributed by atoms with Gasteiger partial charge in [-0.15, -0.1) is 0 Å². The van der Waals surface area contributed by atoms with Crippen LogP contribution in [0.5, 0.6) is 0 Å². The smallest absolute Gasteiger partial charge is 0.141 e. The summed E-state index contributed by atoms with van der Waals surface area (Å²) in [6, 6.07) is 6.51. The van der Waals surface area contributed by atoms with Crippen molar-refractivity contribution in [3.05, 3.63) is 55.0 Å². The molecule has 4 nitrogen and oxygen atoms in total. The molecule has 3 rings (SSSR count). The van der Waals surface area contributed by atoms with E-state index in [1.807, 2.05) is 0 Å². The molecule has 0 spiro atoms. The summed E-state index contributed by atoms with van der Waals surface area (Å²) >= 11 is 0. The second-order valence-corrected chi connectivity index (χ2v) is 3.70. The van der Waals surface area contributed by atoms with Gasteiger partial charge >= 0.3 is 0 Å².